The van der Waals surface area contributed by atoms with Crippen molar-refractivity contribution >= 4 is 11.7 Å². The molecule has 0 saturated carbocycles. The molecule has 3 atom stereocenters. The first-order chi connectivity index (χ1) is 12.6. The van der Waals surface area contributed by atoms with Crippen LogP contribution in [0.1, 0.15) is 18.1 Å². The van der Waals surface area contributed by atoms with Crippen LogP contribution in [0.3, 0.4) is 0 Å². The molecule has 1 saturated heterocycles. The zero-order chi connectivity index (χ0) is 18.4. The number of ketones is 1. The zero-order valence-corrected chi connectivity index (χ0v) is 14.8. The van der Waals surface area contributed by atoms with Gasteiger partial charge in [-0.1, -0.05) is 60.7 Å². The highest BCUT2D eigenvalue weighted by Crippen LogP contribution is 2.13. The molecule has 1 heterocycles. The number of benzene rings is 2. The fourth-order valence-electron chi connectivity index (χ4n) is 2.93. The quantitative estimate of drug-likeness (QED) is 0.829. The lowest BCUT2D eigenvalue weighted by molar-refractivity contribution is -0.136. The summed E-state index contributed by atoms with van der Waals surface area (Å²) in [4.78, 5) is 24.7. The Morgan fingerprint density at radius 3 is 2.31 bits per heavy atom. The number of carbonyl (C=O) groups is 2. The second-order valence-corrected chi connectivity index (χ2v) is 6.44. The lowest BCUT2D eigenvalue weighted by atomic mass is 10.1. The molecule has 5 nitrogen and oxygen atoms in total. The molecular weight excluding hydrogens is 330 g/mol. The molecule has 0 spiro atoms. The minimum absolute atomic E-state index is 0.0420. The van der Waals surface area contributed by atoms with Gasteiger partial charge < -0.3 is 14.8 Å². The van der Waals surface area contributed by atoms with E-state index in [-0.39, 0.29) is 24.4 Å². The van der Waals surface area contributed by atoms with Gasteiger partial charge in [-0.15, -0.1) is 0 Å². The van der Waals surface area contributed by atoms with Crippen LogP contribution in [0.15, 0.2) is 60.7 Å². The van der Waals surface area contributed by atoms with Crippen molar-refractivity contribution in [1.82, 2.24) is 5.32 Å². The molecule has 0 aliphatic carbocycles. The van der Waals surface area contributed by atoms with Crippen molar-refractivity contribution < 1.29 is 19.1 Å². The first-order valence-corrected chi connectivity index (χ1v) is 8.77. The molecule has 0 bridgehead atoms. The van der Waals surface area contributed by atoms with Gasteiger partial charge in [0.25, 0.3) is 0 Å². The van der Waals surface area contributed by atoms with Gasteiger partial charge >= 0.3 is 0 Å². The van der Waals surface area contributed by atoms with Gasteiger partial charge in [-0.25, -0.2) is 0 Å². The number of hydrogen-bond donors (Lipinski definition) is 1. The monoisotopic (exact) mass is 353 g/mol. The third-order valence-electron chi connectivity index (χ3n) is 4.45. The van der Waals surface area contributed by atoms with Crippen LogP contribution >= 0.6 is 0 Å². The van der Waals surface area contributed by atoms with Gasteiger partial charge in [-0.2, -0.15) is 0 Å². The van der Waals surface area contributed by atoms with E-state index in [1.54, 1.807) is 6.92 Å². The van der Waals surface area contributed by atoms with E-state index in [2.05, 4.69) is 5.32 Å². The van der Waals surface area contributed by atoms with Gasteiger partial charge in [-0.05, 0) is 18.1 Å². The van der Waals surface area contributed by atoms with Crippen LogP contribution in [0.5, 0.6) is 0 Å². The normalized spacial score (nSPS) is 20.7. The number of ether oxygens (including phenoxy) is 2. The van der Waals surface area contributed by atoms with E-state index in [1.165, 1.54) is 0 Å². The van der Waals surface area contributed by atoms with E-state index < -0.39 is 12.1 Å². The van der Waals surface area contributed by atoms with Gasteiger partial charge in [-0.3, -0.25) is 9.59 Å². The molecule has 5 heteroatoms. The Morgan fingerprint density at radius 1 is 1.12 bits per heavy atom. The summed E-state index contributed by atoms with van der Waals surface area (Å²) in [7, 11) is 0. The maximum absolute atomic E-state index is 12.8. The van der Waals surface area contributed by atoms with Crippen LogP contribution in [-0.2, 0) is 32.1 Å². The van der Waals surface area contributed by atoms with Crippen LogP contribution in [0.25, 0.3) is 0 Å². The number of Topliss-reactive ketones (excluding diaryl/α,β-unsaturated/α-hetero) is 1. The number of carbonyl (C=O) groups excluding carboxylic acids is 2. The topological polar surface area (TPSA) is 64.6 Å². The van der Waals surface area contributed by atoms with Gasteiger partial charge in [0, 0.05) is 6.42 Å². The molecule has 0 unspecified atom stereocenters. The number of amides is 1. The zero-order valence-electron chi connectivity index (χ0n) is 14.8. The van der Waals surface area contributed by atoms with Crippen molar-refractivity contribution in [3.8, 4) is 0 Å². The van der Waals surface area contributed by atoms with Gasteiger partial charge in [0.05, 0.1) is 12.7 Å². The van der Waals surface area contributed by atoms with Crippen molar-refractivity contribution in [3.63, 3.8) is 0 Å². The highest BCUT2D eigenvalue weighted by Gasteiger charge is 2.35. The Morgan fingerprint density at radius 2 is 1.73 bits per heavy atom. The van der Waals surface area contributed by atoms with Crippen molar-refractivity contribution in [2.45, 2.75) is 38.2 Å². The van der Waals surface area contributed by atoms with Gasteiger partial charge in [0.1, 0.15) is 18.8 Å². The highest BCUT2D eigenvalue weighted by molar-refractivity contribution is 5.93. The smallest absolute Gasteiger partial charge is 0.250 e. The summed E-state index contributed by atoms with van der Waals surface area (Å²) in [5, 5.41) is 2.80. The molecule has 1 fully saturated rings. The van der Waals surface area contributed by atoms with Crippen LogP contribution in [-0.4, -0.2) is 36.5 Å². The second kappa shape index (κ2) is 8.74. The lowest BCUT2D eigenvalue weighted by Gasteiger charge is -2.21. The van der Waals surface area contributed by atoms with Gasteiger partial charge in [0.15, 0.2) is 5.78 Å². The summed E-state index contributed by atoms with van der Waals surface area (Å²) in [5.41, 5.74) is 2.00. The van der Waals surface area contributed by atoms with Crippen LogP contribution in [0.2, 0.25) is 0 Å². The van der Waals surface area contributed by atoms with E-state index in [0.29, 0.717) is 13.0 Å². The van der Waals surface area contributed by atoms with Crippen molar-refractivity contribution in [2.24, 2.45) is 0 Å². The Balaban J connectivity index is 1.68. The summed E-state index contributed by atoms with van der Waals surface area (Å²) in [5.74, 6) is -0.396. The average molecular weight is 353 g/mol. The summed E-state index contributed by atoms with van der Waals surface area (Å²) in [6.07, 6.45) is -0.563. The van der Waals surface area contributed by atoms with E-state index in [4.69, 9.17) is 9.47 Å². The standard InChI is InChI=1S/C21H23NO4/c1-15-20(18(23)14-25-15)22-21(24)19(12-16-8-4-2-5-9-16)26-13-17-10-6-3-7-11-17/h2-11,15,19-20H,12-14H2,1H3,(H,22,24)/t15-,19+,20+/m1/s1. The molecule has 1 aliphatic rings. The van der Waals surface area contributed by atoms with Crippen molar-refractivity contribution in [3.05, 3.63) is 71.8 Å². The molecule has 1 amide bonds. The molecule has 3 rings (SSSR count). The predicted octanol–water partition coefficient (Wildman–Crippen LogP) is 2.29. The molecule has 0 aromatic heterocycles. The molecule has 2 aromatic rings. The molecule has 1 N–H and O–H groups in total. The van der Waals surface area contributed by atoms with E-state index >= 15 is 0 Å². The molecule has 1 aliphatic heterocycles. The molecule has 136 valence electrons. The number of rotatable bonds is 7. The predicted molar refractivity (Wildman–Crippen MR) is 97.5 cm³/mol. The highest BCUT2D eigenvalue weighted by atomic mass is 16.5. The SMILES string of the molecule is C[C@H]1OCC(=O)[C@H]1NC(=O)[C@H](Cc1ccccc1)OCc1ccccc1. The summed E-state index contributed by atoms with van der Waals surface area (Å²) in [6, 6.07) is 18.8. The fraction of sp³-hybridized carbons (Fsp3) is 0.333. The Labute approximate surface area is 153 Å². The van der Waals surface area contributed by atoms with Crippen LogP contribution < -0.4 is 5.32 Å². The van der Waals surface area contributed by atoms with Crippen molar-refractivity contribution in [2.75, 3.05) is 6.61 Å². The minimum atomic E-state index is -0.682. The van der Waals surface area contributed by atoms with E-state index in [0.717, 1.165) is 11.1 Å². The molecule has 0 radical (unpaired) electrons. The average Bonchev–Trinajstić information content (AvgIpc) is 2.98. The maximum atomic E-state index is 12.8. The Bertz CT molecular complexity index is 732. The largest absolute Gasteiger partial charge is 0.368 e. The first-order valence-electron chi connectivity index (χ1n) is 8.77. The molecular formula is C21H23NO4. The second-order valence-electron chi connectivity index (χ2n) is 6.44. The first kappa shape index (κ1) is 18.3. The third-order valence-corrected chi connectivity index (χ3v) is 4.45. The summed E-state index contributed by atoms with van der Waals surface area (Å²) < 4.78 is 11.2. The molecule has 26 heavy (non-hydrogen) atoms. The van der Waals surface area contributed by atoms with E-state index in [9.17, 15) is 9.59 Å². The lowest BCUT2D eigenvalue weighted by Crippen LogP contribution is -2.49. The summed E-state index contributed by atoms with van der Waals surface area (Å²) >= 11 is 0. The van der Waals surface area contributed by atoms with Crippen LogP contribution in [0.4, 0.5) is 0 Å². The van der Waals surface area contributed by atoms with Gasteiger partial charge in [0.2, 0.25) is 5.91 Å². The Kier molecular flexibility index (Phi) is 6.15. The van der Waals surface area contributed by atoms with Crippen LogP contribution in [0, 0.1) is 0 Å². The fourth-order valence-corrected chi connectivity index (χ4v) is 2.93. The third kappa shape index (κ3) is 4.77. The van der Waals surface area contributed by atoms with Crippen molar-refractivity contribution in [1.29, 1.82) is 0 Å². The number of nitrogens with one attached hydrogen (secondary N) is 1. The number of hydrogen-bond acceptors (Lipinski definition) is 4. The molecule has 2 aromatic carbocycles. The summed E-state index contributed by atoms with van der Waals surface area (Å²) in [6.45, 7) is 2.16. The maximum Gasteiger partial charge on any atom is 0.250 e. The Hall–Kier alpha value is -2.50. The minimum Gasteiger partial charge on any atom is -0.368 e. The van der Waals surface area contributed by atoms with E-state index in [1.807, 2.05) is 60.7 Å².